The average Bonchev–Trinajstić information content (AvgIpc) is 2.41. The van der Waals surface area contributed by atoms with Crippen molar-refractivity contribution in [2.24, 2.45) is 0 Å². The molecule has 0 heterocycles. The second kappa shape index (κ2) is 8.96. The third-order valence-corrected chi connectivity index (χ3v) is 4.80. The van der Waals surface area contributed by atoms with E-state index >= 15 is 0 Å². The van der Waals surface area contributed by atoms with Gasteiger partial charge in [-0.05, 0) is 37.1 Å². The van der Waals surface area contributed by atoms with Gasteiger partial charge in [-0.15, -0.1) is 11.6 Å². The first-order valence-corrected chi connectivity index (χ1v) is 9.33. The van der Waals surface area contributed by atoms with Crippen molar-refractivity contribution in [2.45, 2.75) is 26.7 Å². The van der Waals surface area contributed by atoms with Gasteiger partial charge in [0.2, 0.25) is 0 Å². The minimum atomic E-state index is -3.00. The van der Waals surface area contributed by atoms with E-state index in [1.165, 1.54) is 0 Å². The molecule has 5 heteroatoms. The van der Waals surface area contributed by atoms with Crippen molar-refractivity contribution in [1.29, 1.82) is 0 Å². The van der Waals surface area contributed by atoms with Crippen LogP contribution in [0, 0.1) is 18.8 Å². The van der Waals surface area contributed by atoms with E-state index in [1.807, 2.05) is 32.0 Å². The zero-order chi connectivity index (χ0) is 15.7. The maximum atomic E-state index is 11.6. The molecule has 0 aliphatic heterocycles. The van der Waals surface area contributed by atoms with E-state index in [0.29, 0.717) is 24.5 Å². The fraction of sp³-hybridized carbons (Fsp3) is 0.500. The first-order chi connectivity index (χ1) is 9.98. The van der Waals surface area contributed by atoms with Gasteiger partial charge >= 0.3 is 0 Å². The van der Waals surface area contributed by atoms with Crippen LogP contribution < -0.4 is 4.74 Å². The molecule has 0 aliphatic carbocycles. The topological polar surface area (TPSA) is 43.4 Å². The van der Waals surface area contributed by atoms with E-state index in [4.69, 9.17) is 16.3 Å². The Balaban J connectivity index is 2.60. The lowest BCUT2D eigenvalue weighted by molar-refractivity contribution is 0.338. The fourth-order valence-corrected chi connectivity index (χ4v) is 3.05. The summed E-state index contributed by atoms with van der Waals surface area (Å²) < 4.78 is 28.7. The molecule has 0 aromatic heterocycles. The number of rotatable bonds is 7. The highest BCUT2D eigenvalue weighted by atomic mass is 35.5. The van der Waals surface area contributed by atoms with Crippen LogP contribution in [0.1, 0.15) is 30.9 Å². The third kappa shape index (κ3) is 6.88. The summed E-state index contributed by atoms with van der Waals surface area (Å²) in [6.45, 7) is 3.95. The number of hydrogen-bond donors (Lipinski definition) is 0. The molecule has 21 heavy (non-hydrogen) atoms. The molecular weight excluding hydrogens is 308 g/mol. The largest absolute Gasteiger partial charge is 0.492 e. The molecule has 0 atom stereocenters. The zero-order valence-electron chi connectivity index (χ0n) is 12.5. The molecule has 3 nitrogen and oxygen atoms in total. The lowest BCUT2D eigenvalue weighted by atomic mass is 10.1. The predicted octanol–water partition coefficient (Wildman–Crippen LogP) is 3.18. The Morgan fingerprint density at radius 2 is 2.05 bits per heavy atom. The molecule has 0 bridgehead atoms. The van der Waals surface area contributed by atoms with Gasteiger partial charge in [0, 0.05) is 17.9 Å². The lowest BCUT2D eigenvalue weighted by Gasteiger charge is -2.09. The van der Waals surface area contributed by atoms with Crippen LogP contribution in [0.4, 0.5) is 0 Å². The molecule has 0 aliphatic rings. The molecule has 0 saturated carbocycles. The van der Waals surface area contributed by atoms with Crippen LogP contribution in [0.25, 0.3) is 0 Å². The summed E-state index contributed by atoms with van der Waals surface area (Å²) in [6, 6.07) is 5.62. The molecule has 0 saturated heterocycles. The highest BCUT2D eigenvalue weighted by Crippen LogP contribution is 2.18. The summed E-state index contributed by atoms with van der Waals surface area (Å²) in [5.74, 6) is 7.49. The number of alkyl halides is 1. The third-order valence-electron chi connectivity index (χ3n) is 2.79. The van der Waals surface area contributed by atoms with Gasteiger partial charge in [0.15, 0.2) is 9.84 Å². The van der Waals surface area contributed by atoms with Gasteiger partial charge in [0.1, 0.15) is 12.4 Å². The molecule has 1 aromatic rings. The fourth-order valence-electron chi connectivity index (χ4n) is 1.79. The molecule has 0 unspecified atom stereocenters. The van der Waals surface area contributed by atoms with E-state index in [-0.39, 0.29) is 18.1 Å². The molecule has 1 rings (SSSR count). The smallest absolute Gasteiger partial charge is 0.153 e. The van der Waals surface area contributed by atoms with Crippen LogP contribution in [-0.4, -0.2) is 32.4 Å². The second-order valence-corrected chi connectivity index (χ2v) is 7.40. The van der Waals surface area contributed by atoms with Crippen LogP contribution in [0.3, 0.4) is 0 Å². The first-order valence-electron chi connectivity index (χ1n) is 6.97. The van der Waals surface area contributed by atoms with Crippen molar-refractivity contribution in [3.05, 3.63) is 29.3 Å². The van der Waals surface area contributed by atoms with E-state index in [9.17, 15) is 8.42 Å². The number of aryl methyl sites for hydroxylation is 1. The zero-order valence-corrected chi connectivity index (χ0v) is 14.1. The van der Waals surface area contributed by atoms with Gasteiger partial charge in [-0.3, -0.25) is 0 Å². The summed E-state index contributed by atoms with van der Waals surface area (Å²) in [5.41, 5.74) is 1.85. The number of benzene rings is 1. The molecule has 1 aromatic carbocycles. The molecule has 0 radical (unpaired) electrons. The molecule has 116 valence electrons. The molecular formula is C16H21ClO3S. The van der Waals surface area contributed by atoms with Crippen LogP contribution in [0.2, 0.25) is 0 Å². The highest BCUT2D eigenvalue weighted by Gasteiger charge is 2.10. The standard InChI is InChI=1S/C16H21ClO3S/c1-3-11-21(18,19)12-10-20-16-8-7-15(13-14(16)2)6-4-5-9-17/h7-8,13H,3,5,9-12H2,1-2H3. The van der Waals surface area contributed by atoms with E-state index in [2.05, 4.69) is 11.8 Å². The SMILES string of the molecule is CCCS(=O)(=O)CCOc1ccc(C#CCCCl)cc1C. The first kappa shape index (κ1) is 17.9. The van der Waals surface area contributed by atoms with Gasteiger partial charge in [-0.1, -0.05) is 18.8 Å². The van der Waals surface area contributed by atoms with Gasteiger partial charge in [0.05, 0.1) is 11.5 Å². The number of halogens is 1. The maximum absolute atomic E-state index is 11.6. The molecule has 0 fully saturated rings. The summed E-state index contributed by atoms with van der Waals surface area (Å²) in [4.78, 5) is 0. The Labute approximate surface area is 132 Å². The number of ether oxygens (including phenoxy) is 1. The van der Waals surface area contributed by atoms with Crippen molar-refractivity contribution < 1.29 is 13.2 Å². The second-order valence-electron chi connectivity index (χ2n) is 4.72. The normalized spacial score (nSPS) is 10.8. The Bertz CT molecular complexity index is 612. The molecule has 0 amide bonds. The van der Waals surface area contributed by atoms with Crippen LogP contribution in [0.15, 0.2) is 18.2 Å². The van der Waals surface area contributed by atoms with Gasteiger partial charge in [-0.2, -0.15) is 0 Å². The van der Waals surface area contributed by atoms with Crippen LogP contribution in [-0.2, 0) is 9.84 Å². The Hall–Kier alpha value is -1.18. The van der Waals surface area contributed by atoms with Gasteiger partial charge < -0.3 is 4.74 Å². The minimum absolute atomic E-state index is 0.0531. The van der Waals surface area contributed by atoms with E-state index in [1.54, 1.807) is 0 Å². The van der Waals surface area contributed by atoms with Crippen molar-refractivity contribution >= 4 is 21.4 Å². The molecule has 0 N–H and O–H groups in total. The molecule has 0 spiro atoms. The quantitative estimate of drug-likeness (QED) is 0.570. The van der Waals surface area contributed by atoms with Crippen molar-refractivity contribution in [1.82, 2.24) is 0 Å². The number of hydrogen-bond acceptors (Lipinski definition) is 3. The Morgan fingerprint density at radius 3 is 2.67 bits per heavy atom. The van der Waals surface area contributed by atoms with E-state index in [0.717, 1.165) is 11.1 Å². The predicted molar refractivity (Wildman–Crippen MR) is 87.8 cm³/mol. The lowest BCUT2D eigenvalue weighted by Crippen LogP contribution is -2.17. The monoisotopic (exact) mass is 328 g/mol. The van der Waals surface area contributed by atoms with Crippen molar-refractivity contribution in [3.63, 3.8) is 0 Å². The maximum Gasteiger partial charge on any atom is 0.153 e. The average molecular weight is 329 g/mol. The van der Waals surface area contributed by atoms with Crippen LogP contribution >= 0.6 is 11.6 Å². The van der Waals surface area contributed by atoms with Gasteiger partial charge in [0.25, 0.3) is 0 Å². The van der Waals surface area contributed by atoms with Crippen LogP contribution in [0.5, 0.6) is 5.75 Å². The Kier molecular flexibility index (Phi) is 7.63. The summed E-state index contributed by atoms with van der Waals surface area (Å²) in [7, 11) is -3.00. The summed E-state index contributed by atoms with van der Waals surface area (Å²) >= 11 is 5.57. The van der Waals surface area contributed by atoms with Crippen molar-refractivity contribution in [3.8, 4) is 17.6 Å². The number of sulfone groups is 1. The summed E-state index contributed by atoms with van der Waals surface area (Å²) in [5, 5.41) is 0. The highest BCUT2D eigenvalue weighted by molar-refractivity contribution is 7.91. The van der Waals surface area contributed by atoms with Crippen molar-refractivity contribution in [2.75, 3.05) is 24.0 Å². The van der Waals surface area contributed by atoms with Gasteiger partial charge in [-0.25, -0.2) is 8.42 Å². The summed E-state index contributed by atoms with van der Waals surface area (Å²) in [6.07, 6.45) is 1.30. The van der Waals surface area contributed by atoms with E-state index < -0.39 is 9.84 Å². The Morgan fingerprint density at radius 1 is 1.29 bits per heavy atom. The minimum Gasteiger partial charge on any atom is -0.492 e.